The zero-order chi connectivity index (χ0) is 21.0. The molecule has 29 heavy (non-hydrogen) atoms. The topological polar surface area (TPSA) is 101 Å². The first-order chi connectivity index (χ1) is 13.7. The number of rotatable bonds is 6. The summed E-state index contributed by atoms with van der Waals surface area (Å²) in [5.41, 5.74) is 3.66. The summed E-state index contributed by atoms with van der Waals surface area (Å²) in [5, 5.41) is 4.02. The molecule has 0 atom stereocenters. The van der Waals surface area contributed by atoms with Crippen molar-refractivity contribution in [3.63, 3.8) is 0 Å². The summed E-state index contributed by atoms with van der Waals surface area (Å²) in [6.07, 6.45) is 0. The van der Waals surface area contributed by atoms with Crippen LogP contribution in [0.2, 0.25) is 0 Å². The molecule has 150 valence electrons. The molecule has 0 aliphatic carbocycles. The molecule has 0 spiro atoms. The quantitative estimate of drug-likeness (QED) is 0.409. The molecule has 0 fully saturated rings. The summed E-state index contributed by atoms with van der Waals surface area (Å²) in [7, 11) is -3.72. The summed E-state index contributed by atoms with van der Waals surface area (Å²) in [6.45, 7) is 3.54. The van der Waals surface area contributed by atoms with Crippen LogP contribution in [0.4, 0.5) is 5.69 Å². The van der Waals surface area contributed by atoms with Crippen LogP contribution in [-0.2, 0) is 10.0 Å². The van der Waals surface area contributed by atoms with Crippen LogP contribution in [0.5, 0.6) is 0 Å². The molecular formula is C20H18BrN3O4S. The van der Waals surface area contributed by atoms with Gasteiger partial charge in [0.15, 0.2) is 0 Å². The Kier molecular flexibility index (Phi) is 6.19. The molecule has 1 amide bonds. The van der Waals surface area contributed by atoms with E-state index in [-0.39, 0.29) is 4.90 Å². The van der Waals surface area contributed by atoms with Gasteiger partial charge in [-0.2, -0.15) is 5.10 Å². The number of hydrogen-bond donors (Lipinski definition) is 2. The van der Waals surface area contributed by atoms with E-state index in [1.165, 1.54) is 36.4 Å². The third-order valence-corrected chi connectivity index (χ3v) is 5.87. The molecule has 0 saturated carbocycles. The van der Waals surface area contributed by atoms with Gasteiger partial charge in [-0.3, -0.25) is 9.52 Å². The standard InChI is InChI=1S/C20H18BrN3O4S/c1-13-3-12-19(28-13)14(2)22-23-20(25)15-4-8-17(9-5-15)24-29(26,27)18-10-6-16(21)7-11-18/h3-12,24H,1-2H3,(H,23,25)/b22-14-. The minimum Gasteiger partial charge on any atom is -0.460 e. The Labute approximate surface area is 177 Å². The smallest absolute Gasteiger partial charge is 0.271 e. The number of anilines is 1. The average molecular weight is 476 g/mol. The second-order valence-electron chi connectivity index (χ2n) is 6.19. The van der Waals surface area contributed by atoms with Crippen molar-refractivity contribution in [2.75, 3.05) is 4.72 Å². The summed E-state index contributed by atoms with van der Waals surface area (Å²) >= 11 is 3.27. The number of hydrazone groups is 1. The lowest BCUT2D eigenvalue weighted by molar-refractivity contribution is 0.0955. The van der Waals surface area contributed by atoms with Gasteiger partial charge in [0.2, 0.25) is 0 Å². The van der Waals surface area contributed by atoms with Crippen LogP contribution in [0.1, 0.15) is 28.8 Å². The molecule has 0 aliphatic heterocycles. The van der Waals surface area contributed by atoms with Crippen LogP contribution < -0.4 is 10.1 Å². The van der Waals surface area contributed by atoms with Gasteiger partial charge in [0.25, 0.3) is 15.9 Å². The van der Waals surface area contributed by atoms with E-state index in [1.54, 1.807) is 25.1 Å². The van der Waals surface area contributed by atoms with Crippen molar-refractivity contribution in [2.24, 2.45) is 5.10 Å². The molecule has 1 aromatic heterocycles. The Morgan fingerprint density at radius 2 is 1.66 bits per heavy atom. The molecule has 3 rings (SSSR count). The van der Waals surface area contributed by atoms with Crippen molar-refractivity contribution >= 4 is 43.3 Å². The highest BCUT2D eigenvalue weighted by molar-refractivity contribution is 9.10. The van der Waals surface area contributed by atoms with Gasteiger partial charge in [0, 0.05) is 15.7 Å². The van der Waals surface area contributed by atoms with E-state index in [9.17, 15) is 13.2 Å². The van der Waals surface area contributed by atoms with E-state index in [0.717, 1.165) is 10.2 Å². The first-order valence-electron chi connectivity index (χ1n) is 8.54. The molecule has 0 unspecified atom stereocenters. The fourth-order valence-electron chi connectivity index (χ4n) is 2.40. The van der Waals surface area contributed by atoms with E-state index < -0.39 is 15.9 Å². The Bertz CT molecular complexity index is 1150. The Balaban J connectivity index is 1.66. The number of carbonyl (C=O) groups excluding carboxylic acids is 1. The number of halogens is 1. The van der Waals surface area contributed by atoms with Gasteiger partial charge in [0.05, 0.1) is 4.90 Å². The maximum absolute atomic E-state index is 12.4. The van der Waals surface area contributed by atoms with Gasteiger partial charge in [-0.1, -0.05) is 15.9 Å². The Morgan fingerprint density at radius 1 is 1.00 bits per heavy atom. The Hall–Kier alpha value is -2.91. The third kappa shape index (κ3) is 5.33. The van der Waals surface area contributed by atoms with Gasteiger partial charge in [-0.15, -0.1) is 0 Å². The largest absolute Gasteiger partial charge is 0.460 e. The van der Waals surface area contributed by atoms with Crippen molar-refractivity contribution in [1.29, 1.82) is 0 Å². The number of furan rings is 1. The minimum absolute atomic E-state index is 0.139. The second kappa shape index (κ2) is 8.62. The summed E-state index contributed by atoms with van der Waals surface area (Å²) in [5.74, 6) is 0.900. The number of hydrogen-bond acceptors (Lipinski definition) is 5. The average Bonchev–Trinajstić information content (AvgIpc) is 3.13. The first-order valence-corrected chi connectivity index (χ1v) is 10.8. The lowest BCUT2D eigenvalue weighted by atomic mass is 10.2. The van der Waals surface area contributed by atoms with E-state index in [2.05, 4.69) is 31.2 Å². The first kappa shape index (κ1) is 20.8. The van der Waals surface area contributed by atoms with Crippen LogP contribution in [0.3, 0.4) is 0 Å². The lowest BCUT2D eigenvalue weighted by Crippen LogP contribution is -2.19. The van der Waals surface area contributed by atoms with Gasteiger partial charge in [0.1, 0.15) is 17.2 Å². The molecule has 0 bridgehead atoms. The van der Waals surface area contributed by atoms with Gasteiger partial charge >= 0.3 is 0 Å². The maximum Gasteiger partial charge on any atom is 0.271 e. The van der Waals surface area contributed by atoms with Crippen molar-refractivity contribution in [1.82, 2.24) is 5.43 Å². The van der Waals surface area contributed by atoms with Crippen LogP contribution in [0.25, 0.3) is 0 Å². The second-order valence-corrected chi connectivity index (χ2v) is 8.78. The van der Waals surface area contributed by atoms with Crippen LogP contribution in [-0.4, -0.2) is 20.0 Å². The van der Waals surface area contributed by atoms with E-state index in [1.807, 2.05) is 13.0 Å². The molecule has 0 radical (unpaired) electrons. The van der Waals surface area contributed by atoms with Crippen molar-refractivity contribution in [3.05, 3.63) is 82.2 Å². The van der Waals surface area contributed by atoms with Crippen LogP contribution >= 0.6 is 15.9 Å². The normalized spacial score (nSPS) is 11.9. The molecule has 7 nitrogen and oxygen atoms in total. The molecule has 1 heterocycles. The number of sulfonamides is 1. The highest BCUT2D eigenvalue weighted by atomic mass is 79.9. The SMILES string of the molecule is C/C(=N/NC(=O)c1ccc(NS(=O)(=O)c2ccc(Br)cc2)cc1)c1ccc(C)o1. The number of benzene rings is 2. The lowest BCUT2D eigenvalue weighted by Gasteiger charge is -2.09. The molecule has 0 saturated heterocycles. The predicted octanol–water partition coefficient (Wildman–Crippen LogP) is 4.31. The molecular weight excluding hydrogens is 458 g/mol. The minimum atomic E-state index is -3.72. The third-order valence-electron chi connectivity index (χ3n) is 3.95. The zero-order valence-corrected chi connectivity index (χ0v) is 18.0. The number of nitrogens with one attached hydrogen (secondary N) is 2. The molecule has 9 heteroatoms. The molecule has 3 aromatic rings. The number of carbonyl (C=O) groups is 1. The van der Waals surface area contributed by atoms with Crippen molar-refractivity contribution in [2.45, 2.75) is 18.7 Å². The molecule has 0 aliphatic rings. The monoisotopic (exact) mass is 475 g/mol. The zero-order valence-electron chi connectivity index (χ0n) is 15.6. The van der Waals surface area contributed by atoms with Crippen LogP contribution in [0, 0.1) is 6.92 Å². The number of aryl methyl sites for hydroxylation is 1. The van der Waals surface area contributed by atoms with Gasteiger partial charge < -0.3 is 4.42 Å². The molecule has 2 N–H and O–H groups in total. The molecule has 2 aromatic carbocycles. The number of amides is 1. The maximum atomic E-state index is 12.4. The summed E-state index contributed by atoms with van der Waals surface area (Å²) in [4.78, 5) is 12.4. The van der Waals surface area contributed by atoms with Crippen LogP contribution in [0.15, 0.2) is 79.6 Å². The highest BCUT2D eigenvalue weighted by Gasteiger charge is 2.14. The Morgan fingerprint density at radius 3 is 2.24 bits per heavy atom. The fourth-order valence-corrected chi connectivity index (χ4v) is 3.72. The van der Waals surface area contributed by atoms with Crippen molar-refractivity contribution < 1.29 is 17.6 Å². The van der Waals surface area contributed by atoms with Crippen molar-refractivity contribution in [3.8, 4) is 0 Å². The van der Waals surface area contributed by atoms with Gasteiger partial charge in [-0.05, 0) is 74.5 Å². The fraction of sp³-hybridized carbons (Fsp3) is 0.100. The van der Waals surface area contributed by atoms with E-state index in [4.69, 9.17) is 4.42 Å². The van der Waals surface area contributed by atoms with E-state index in [0.29, 0.717) is 22.7 Å². The predicted molar refractivity (Wildman–Crippen MR) is 115 cm³/mol. The van der Waals surface area contributed by atoms with Gasteiger partial charge in [-0.25, -0.2) is 13.8 Å². The summed E-state index contributed by atoms with van der Waals surface area (Å²) in [6, 6.07) is 15.9. The number of nitrogens with zero attached hydrogens (tertiary/aromatic N) is 1. The highest BCUT2D eigenvalue weighted by Crippen LogP contribution is 2.19. The van der Waals surface area contributed by atoms with E-state index >= 15 is 0 Å². The summed E-state index contributed by atoms with van der Waals surface area (Å²) < 4.78 is 33.5.